The van der Waals surface area contributed by atoms with Gasteiger partial charge >= 0.3 is 0 Å². The summed E-state index contributed by atoms with van der Waals surface area (Å²) in [6, 6.07) is 16.2. The van der Waals surface area contributed by atoms with Crippen LogP contribution in [0.2, 0.25) is 0 Å². The van der Waals surface area contributed by atoms with Gasteiger partial charge in [0.25, 0.3) is 20.0 Å². The van der Waals surface area contributed by atoms with E-state index in [1.165, 1.54) is 63.8 Å². The largest absolute Gasteiger partial charge is 0.497 e. The first-order valence-electron chi connectivity index (χ1n) is 9.21. The van der Waals surface area contributed by atoms with Crippen molar-refractivity contribution in [1.82, 2.24) is 0 Å². The van der Waals surface area contributed by atoms with E-state index >= 15 is 0 Å². The molecule has 9 nitrogen and oxygen atoms in total. The minimum absolute atomic E-state index is 0.0478. The second kappa shape index (κ2) is 9.37. The molecule has 0 aliphatic carbocycles. The highest BCUT2D eigenvalue weighted by atomic mass is 32.2. The maximum absolute atomic E-state index is 12.8. The monoisotopic (exact) mass is 478 g/mol. The molecule has 0 saturated heterocycles. The first kappa shape index (κ1) is 23.2. The van der Waals surface area contributed by atoms with E-state index < -0.39 is 20.0 Å². The Hall–Kier alpha value is -3.44. The summed E-state index contributed by atoms with van der Waals surface area (Å²) in [6.07, 6.45) is 0. The summed E-state index contributed by atoms with van der Waals surface area (Å²) in [5.74, 6) is 0.920. The van der Waals surface area contributed by atoms with Gasteiger partial charge in [0, 0.05) is 11.8 Å². The highest BCUT2D eigenvalue weighted by Gasteiger charge is 2.21. The van der Waals surface area contributed by atoms with Crippen LogP contribution in [-0.4, -0.2) is 38.2 Å². The Morgan fingerprint density at radius 1 is 0.656 bits per heavy atom. The van der Waals surface area contributed by atoms with Crippen LogP contribution >= 0.6 is 0 Å². The first-order valence-corrected chi connectivity index (χ1v) is 12.2. The second-order valence-electron chi connectivity index (χ2n) is 6.45. The Morgan fingerprint density at radius 3 is 1.94 bits per heavy atom. The van der Waals surface area contributed by atoms with Crippen molar-refractivity contribution in [3.8, 4) is 17.2 Å². The molecule has 0 atom stereocenters. The van der Waals surface area contributed by atoms with Gasteiger partial charge in [-0.1, -0.05) is 12.1 Å². The molecule has 3 aromatic rings. The summed E-state index contributed by atoms with van der Waals surface area (Å²) < 4.78 is 71.2. The van der Waals surface area contributed by atoms with E-state index in [0.29, 0.717) is 11.5 Å². The number of para-hydroxylation sites is 2. The molecule has 32 heavy (non-hydrogen) atoms. The zero-order valence-corrected chi connectivity index (χ0v) is 19.2. The molecule has 0 bridgehead atoms. The van der Waals surface area contributed by atoms with Crippen molar-refractivity contribution in [2.75, 3.05) is 30.8 Å². The zero-order valence-electron chi connectivity index (χ0n) is 17.5. The van der Waals surface area contributed by atoms with E-state index in [0.717, 1.165) is 0 Å². The minimum Gasteiger partial charge on any atom is -0.497 e. The molecule has 2 N–H and O–H groups in total. The highest BCUT2D eigenvalue weighted by molar-refractivity contribution is 7.93. The minimum atomic E-state index is -4.00. The lowest BCUT2D eigenvalue weighted by molar-refractivity contribution is 0.386. The Bertz CT molecular complexity index is 1310. The molecule has 0 amide bonds. The third-order valence-electron chi connectivity index (χ3n) is 4.43. The molecule has 11 heteroatoms. The molecule has 3 aromatic carbocycles. The standard InChI is InChI=1S/C21H22N2O7S2/c1-28-16-10-13-21(20(14-16)30-3)32(26,27)22-15-8-11-17(12-9-15)31(24,25)23-18-6-4-5-7-19(18)29-2/h4-14,22-23H,1-3H3. The van der Waals surface area contributed by atoms with Crippen LogP contribution in [0.1, 0.15) is 0 Å². The molecule has 170 valence electrons. The fourth-order valence-electron chi connectivity index (χ4n) is 2.84. The van der Waals surface area contributed by atoms with Crippen molar-refractivity contribution in [3.63, 3.8) is 0 Å². The zero-order chi connectivity index (χ0) is 23.4. The third-order valence-corrected chi connectivity index (χ3v) is 7.23. The number of benzene rings is 3. The number of hydrogen-bond acceptors (Lipinski definition) is 7. The van der Waals surface area contributed by atoms with Crippen LogP contribution in [0.15, 0.2) is 76.5 Å². The number of ether oxygens (including phenoxy) is 3. The second-order valence-corrected chi connectivity index (χ2v) is 9.79. The fraction of sp³-hybridized carbons (Fsp3) is 0.143. The van der Waals surface area contributed by atoms with Crippen molar-refractivity contribution in [2.45, 2.75) is 9.79 Å². The van der Waals surface area contributed by atoms with Gasteiger partial charge in [-0.05, 0) is 48.5 Å². The summed E-state index contributed by atoms with van der Waals surface area (Å²) >= 11 is 0. The Labute approximate surface area is 187 Å². The van der Waals surface area contributed by atoms with Gasteiger partial charge in [0.1, 0.15) is 22.1 Å². The first-order chi connectivity index (χ1) is 15.2. The van der Waals surface area contributed by atoms with Crippen molar-refractivity contribution < 1.29 is 31.0 Å². The Balaban J connectivity index is 1.82. The third kappa shape index (κ3) is 5.06. The van der Waals surface area contributed by atoms with Crippen molar-refractivity contribution in [1.29, 1.82) is 0 Å². The van der Waals surface area contributed by atoms with Crippen LogP contribution in [0.3, 0.4) is 0 Å². The van der Waals surface area contributed by atoms with Crippen molar-refractivity contribution in [2.24, 2.45) is 0 Å². The molecule has 0 spiro atoms. The summed E-state index contributed by atoms with van der Waals surface area (Å²) in [5, 5.41) is 0. The van der Waals surface area contributed by atoms with Crippen molar-refractivity contribution >= 4 is 31.4 Å². The van der Waals surface area contributed by atoms with E-state index in [1.807, 2.05) is 0 Å². The topological polar surface area (TPSA) is 120 Å². The van der Waals surface area contributed by atoms with Gasteiger partial charge in [0.15, 0.2) is 0 Å². The Morgan fingerprint density at radius 2 is 1.31 bits per heavy atom. The van der Waals surface area contributed by atoms with Gasteiger partial charge in [-0.25, -0.2) is 16.8 Å². The lowest BCUT2D eigenvalue weighted by Crippen LogP contribution is -2.15. The van der Waals surface area contributed by atoms with E-state index in [9.17, 15) is 16.8 Å². The quantitative estimate of drug-likeness (QED) is 0.484. The van der Waals surface area contributed by atoms with E-state index in [4.69, 9.17) is 14.2 Å². The van der Waals surface area contributed by atoms with Gasteiger partial charge in [-0.15, -0.1) is 0 Å². The number of rotatable bonds is 9. The van der Waals surface area contributed by atoms with E-state index in [-0.39, 0.29) is 26.9 Å². The van der Waals surface area contributed by atoms with Crippen LogP contribution in [0.25, 0.3) is 0 Å². The summed E-state index contributed by atoms with van der Waals surface area (Å²) in [5.41, 5.74) is 0.463. The molecule has 0 heterocycles. The highest BCUT2D eigenvalue weighted by Crippen LogP contribution is 2.30. The van der Waals surface area contributed by atoms with Gasteiger partial charge in [0.05, 0.1) is 31.9 Å². The fourth-order valence-corrected chi connectivity index (χ4v) is 5.12. The lowest BCUT2D eigenvalue weighted by atomic mass is 10.3. The van der Waals surface area contributed by atoms with Gasteiger partial charge in [0.2, 0.25) is 0 Å². The van der Waals surface area contributed by atoms with Crippen LogP contribution in [0.5, 0.6) is 17.2 Å². The number of methoxy groups -OCH3 is 3. The molecule has 0 fully saturated rings. The molecule has 0 radical (unpaired) electrons. The number of hydrogen-bond donors (Lipinski definition) is 2. The average Bonchev–Trinajstić information content (AvgIpc) is 2.78. The predicted octanol–water partition coefficient (Wildman–Crippen LogP) is 3.31. The molecule has 0 aliphatic heterocycles. The maximum Gasteiger partial charge on any atom is 0.265 e. The predicted molar refractivity (Wildman–Crippen MR) is 121 cm³/mol. The van der Waals surface area contributed by atoms with Crippen LogP contribution in [0, 0.1) is 0 Å². The smallest absolute Gasteiger partial charge is 0.265 e. The number of anilines is 2. The average molecular weight is 479 g/mol. The Kier molecular flexibility index (Phi) is 6.80. The molecule has 0 unspecified atom stereocenters. The maximum atomic E-state index is 12.8. The van der Waals surface area contributed by atoms with E-state index in [2.05, 4.69) is 9.44 Å². The summed E-state index contributed by atoms with van der Waals surface area (Å²) in [6.45, 7) is 0. The van der Waals surface area contributed by atoms with Gasteiger partial charge in [-0.3, -0.25) is 9.44 Å². The molecule has 0 aromatic heterocycles. The van der Waals surface area contributed by atoms with E-state index in [1.54, 1.807) is 24.3 Å². The lowest BCUT2D eigenvalue weighted by Gasteiger charge is -2.14. The summed E-state index contributed by atoms with van der Waals surface area (Å²) in [7, 11) is -3.67. The molecule has 3 rings (SSSR count). The van der Waals surface area contributed by atoms with Crippen molar-refractivity contribution in [3.05, 3.63) is 66.7 Å². The van der Waals surface area contributed by atoms with Crippen LogP contribution in [-0.2, 0) is 20.0 Å². The molecule has 0 aliphatic rings. The summed E-state index contributed by atoms with van der Waals surface area (Å²) in [4.78, 5) is -0.135. The molecular weight excluding hydrogens is 456 g/mol. The van der Waals surface area contributed by atoms with Gasteiger partial charge in [-0.2, -0.15) is 0 Å². The number of sulfonamides is 2. The van der Waals surface area contributed by atoms with Gasteiger partial charge < -0.3 is 14.2 Å². The van der Waals surface area contributed by atoms with Crippen LogP contribution < -0.4 is 23.7 Å². The molecule has 0 saturated carbocycles. The van der Waals surface area contributed by atoms with Crippen LogP contribution in [0.4, 0.5) is 11.4 Å². The normalized spacial score (nSPS) is 11.5. The number of nitrogens with one attached hydrogen (secondary N) is 2. The molecular formula is C21H22N2O7S2. The SMILES string of the molecule is COc1ccc(S(=O)(=O)Nc2ccc(S(=O)(=O)Nc3ccccc3OC)cc2)c(OC)c1.